The number of hydrogen-bond acceptors (Lipinski definition) is 1. The van der Waals surface area contributed by atoms with Gasteiger partial charge in [-0.15, -0.1) is 0 Å². The molecule has 0 atom stereocenters. The summed E-state index contributed by atoms with van der Waals surface area (Å²) in [5.74, 6) is 0.730. The van der Waals surface area contributed by atoms with Crippen LogP contribution in [0.25, 0.3) is 0 Å². The van der Waals surface area contributed by atoms with Crippen LogP contribution in [0.2, 0.25) is 0 Å². The van der Waals surface area contributed by atoms with Crippen molar-refractivity contribution in [1.82, 2.24) is 0 Å². The zero-order chi connectivity index (χ0) is 14.9. The molecule has 4 heteroatoms. The van der Waals surface area contributed by atoms with Crippen LogP contribution in [0, 0.1) is 17.8 Å². The molecule has 0 aromatic rings. The first-order valence-corrected chi connectivity index (χ1v) is 8.25. The van der Waals surface area contributed by atoms with E-state index in [1.54, 1.807) is 13.8 Å². The summed E-state index contributed by atoms with van der Waals surface area (Å²) in [6, 6.07) is 0. The molecular formula is C14H29O3P. The number of hydrogen-bond donors (Lipinski definition) is 2. The first-order valence-electron chi connectivity index (χ1n) is 6.64. The van der Waals surface area contributed by atoms with Crippen molar-refractivity contribution < 1.29 is 14.4 Å². The molecule has 0 rings (SSSR count). The predicted molar refractivity (Wildman–Crippen MR) is 77.7 cm³/mol. The summed E-state index contributed by atoms with van der Waals surface area (Å²) in [7, 11) is -4.17. The Morgan fingerprint density at radius 2 is 1.22 bits per heavy atom. The Balaban J connectivity index is 6.16. The Hall–Kier alpha value is -0.110. The van der Waals surface area contributed by atoms with E-state index in [9.17, 15) is 14.4 Å². The molecule has 0 aromatic carbocycles. The van der Waals surface area contributed by atoms with E-state index < -0.39 is 12.8 Å². The third-order valence-corrected chi connectivity index (χ3v) is 5.22. The molecule has 108 valence electrons. The highest BCUT2D eigenvalue weighted by Crippen LogP contribution is 2.57. The van der Waals surface area contributed by atoms with E-state index in [1.807, 2.05) is 13.8 Å². The predicted octanol–water partition coefficient (Wildman–Crippen LogP) is 4.21. The molecule has 0 aliphatic heterocycles. The van der Waals surface area contributed by atoms with Gasteiger partial charge in [-0.2, -0.15) is 0 Å². The van der Waals surface area contributed by atoms with E-state index >= 15 is 0 Å². The monoisotopic (exact) mass is 276 g/mol. The SMILES string of the molecule is CC(C)C(=C(C(C)C)C(C)(C)P(=O)(O)O)C(C)C. The molecule has 0 amide bonds. The quantitative estimate of drug-likeness (QED) is 0.584. The summed E-state index contributed by atoms with van der Waals surface area (Å²) in [6.07, 6.45) is 0. The fourth-order valence-corrected chi connectivity index (χ4v) is 3.54. The molecule has 0 fully saturated rings. The van der Waals surface area contributed by atoms with Gasteiger partial charge in [-0.25, -0.2) is 0 Å². The van der Waals surface area contributed by atoms with Gasteiger partial charge in [-0.05, 0) is 31.6 Å². The lowest BCUT2D eigenvalue weighted by molar-refractivity contribution is 0.339. The Labute approximate surface area is 112 Å². The molecule has 0 heterocycles. The van der Waals surface area contributed by atoms with E-state index in [2.05, 4.69) is 27.7 Å². The molecule has 0 radical (unpaired) electrons. The first kappa shape index (κ1) is 17.9. The highest BCUT2D eigenvalue weighted by atomic mass is 31.2. The van der Waals surface area contributed by atoms with Crippen molar-refractivity contribution in [2.75, 3.05) is 0 Å². The molecule has 0 aromatic heterocycles. The van der Waals surface area contributed by atoms with Crippen LogP contribution in [-0.4, -0.2) is 14.9 Å². The Morgan fingerprint density at radius 1 is 0.889 bits per heavy atom. The van der Waals surface area contributed by atoms with Crippen LogP contribution in [0.3, 0.4) is 0 Å². The van der Waals surface area contributed by atoms with Gasteiger partial charge in [-0.1, -0.05) is 52.7 Å². The molecule has 0 unspecified atom stereocenters. The Bertz CT molecular complexity index is 349. The van der Waals surface area contributed by atoms with Crippen molar-refractivity contribution in [1.29, 1.82) is 0 Å². The van der Waals surface area contributed by atoms with Crippen molar-refractivity contribution in [3.05, 3.63) is 11.1 Å². The minimum absolute atomic E-state index is 0.132. The van der Waals surface area contributed by atoms with E-state index in [-0.39, 0.29) is 5.92 Å². The summed E-state index contributed by atoms with van der Waals surface area (Å²) >= 11 is 0. The Morgan fingerprint density at radius 3 is 1.39 bits per heavy atom. The molecular weight excluding hydrogens is 247 g/mol. The smallest absolute Gasteiger partial charge is 0.324 e. The van der Waals surface area contributed by atoms with Crippen LogP contribution >= 0.6 is 7.60 Å². The van der Waals surface area contributed by atoms with Crippen molar-refractivity contribution in [3.63, 3.8) is 0 Å². The van der Waals surface area contributed by atoms with E-state index in [4.69, 9.17) is 0 Å². The highest BCUT2D eigenvalue weighted by molar-refractivity contribution is 7.53. The Kier molecular flexibility index (Phi) is 5.86. The van der Waals surface area contributed by atoms with Gasteiger partial charge < -0.3 is 9.79 Å². The van der Waals surface area contributed by atoms with Gasteiger partial charge >= 0.3 is 7.60 Å². The number of allylic oxidation sites excluding steroid dienone is 2. The van der Waals surface area contributed by atoms with Crippen molar-refractivity contribution >= 4 is 7.60 Å². The molecule has 0 saturated carbocycles. The zero-order valence-corrected chi connectivity index (χ0v) is 13.9. The lowest BCUT2D eigenvalue weighted by Crippen LogP contribution is -2.30. The minimum Gasteiger partial charge on any atom is -0.324 e. The van der Waals surface area contributed by atoms with Gasteiger partial charge in [-0.3, -0.25) is 4.57 Å². The fraction of sp³-hybridized carbons (Fsp3) is 0.857. The average molecular weight is 276 g/mol. The van der Waals surface area contributed by atoms with Crippen LogP contribution in [0.1, 0.15) is 55.4 Å². The molecule has 2 N–H and O–H groups in total. The summed E-state index contributed by atoms with van der Waals surface area (Å²) < 4.78 is 11.8. The van der Waals surface area contributed by atoms with Gasteiger partial charge in [0.15, 0.2) is 0 Å². The second-order valence-corrected chi connectivity index (χ2v) is 8.64. The largest absolute Gasteiger partial charge is 0.335 e. The van der Waals surface area contributed by atoms with Gasteiger partial charge in [0.25, 0.3) is 0 Å². The highest BCUT2D eigenvalue weighted by Gasteiger charge is 2.43. The molecule has 3 nitrogen and oxygen atoms in total. The van der Waals surface area contributed by atoms with Crippen molar-refractivity contribution in [2.24, 2.45) is 17.8 Å². The summed E-state index contributed by atoms with van der Waals surface area (Å²) in [4.78, 5) is 19.3. The van der Waals surface area contributed by atoms with Crippen LogP contribution in [-0.2, 0) is 4.57 Å². The average Bonchev–Trinajstić information content (AvgIpc) is 2.09. The van der Waals surface area contributed by atoms with Crippen LogP contribution < -0.4 is 0 Å². The maximum atomic E-state index is 11.8. The molecule has 0 aliphatic carbocycles. The normalized spacial score (nSPS) is 13.6. The summed E-state index contributed by atoms with van der Waals surface area (Å²) in [5.41, 5.74) is 2.10. The standard InChI is InChI=1S/C14H29O3P/c1-9(2)12(10(3)4)13(11(5)6)14(7,8)18(15,16)17/h9-11H,1-8H3,(H2,15,16,17). The number of rotatable bonds is 5. The second kappa shape index (κ2) is 5.90. The van der Waals surface area contributed by atoms with Crippen molar-refractivity contribution in [2.45, 2.75) is 60.5 Å². The zero-order valence-electron chi connectivity index (χ0n) is 13.0. The van der Waals surface area contributed by atoms with Crippen LogP contribution in [0.4, 0.5) is 0 Å². The van der Waals surface area contributed by atoms with Gasteiger partial charge in [0.05, 0.1) is 5.16 Å². The fourth-order valence-electron chi connectivity index (χ4n) is 2.84. The molecule has 0 saturated heterocycles. The van der Waals surface area contributed by atoms with Crippen LogP contribution in [0.5, 0.6) is 0 Å². The second-order valence-electron chi connectivity index (χ2n) is 6.44. The first-order chi connectivity index (χ1) is 7.84. The lowest BCUT2D eigenvalue weighted by Gasteiger charge is -2.36. The topological polar surface area (TPSA) is 57.5 Å². The van der Waals surface area contributed by atoms with Gasteiger partial charge in [0, 0.05) is 0 Å². The minimum atomic E-state index is -4.17. The lowest BCUT2D eigenvalue weighted by atomic mass is 9.79. The van der Waals surface area contributed by atoms with Crippen LogP contribution in [0.15, 0.2) is 11.1 Å². The summed E-state index contributed by atoms with van der Waals surface area (Å²) in [6.45, 7) is 15.7. The molecule has 18 heavy (non-hydrogen) atoms. The van der Waals surface area contributed by atoms with E-state index in [0.29, 0.717) is 11.8 Å². The van der Waals surface area contributed by atoms with E-state index in [0.717, 1.165) is 5.57 Å². The van der Waals surface area contributed by atoms with E-state index in [1.165, 1.54) is 5.57 Å². The third kappa shape index (κ3) is 3.69. The van der Waals surface area contributed by atoms with Crippen molar-refractivity contribution in [3.8, 4) is 0 Å². The third-order valence-electron chi connectivity index (χ3n) is 3.52. The molecule has 0 spiro atoms. The maximum absolute atomic E-state index is 11.8. The molecule has 0 aliphatic rings. The van der Waals surface area contributed by atoms with Gasteiger partial charge in [0.1, 0.15) is 0 Å². The summed E-state index contributed by atoms with van der Waals surface area (Å²) in [5, 5.41) is -1.09. The maximum Gasteiger partial charge on any atom is 0.335 e. The van der Waals surface area contributed by atoms with Gasteiger partial charge in [0.2, 0.25) is 0 Å². The molecule has 0 bridgehead atoms.